The van der Waals surface area contributed by atoms with E-state index in [-0.39, 0.29) is 5.69 Å². The molecule has 0 amide bonds. The molecule has 4 heteroatoms. The quantitative estimate of drug-likeness (QED) is 0.527. The van der Waals surface area contributed by atoms with Crippen LogP contribution >= 0.6 is 0 Å². The van der Waals surface area contributed by atoms with E-state index in [0.717, 1.165) is 11.1 Å². The van der Waals surface area contributed by atoms with Crippen molar-refractivity contribution in [3.05, 3.63) is 66.0 Å². The van der Waals surface area contributed by atoms with Crippen LogP contribution < -0.4 is 4.74 Å². The lowest BCUT2D eigenvalue weighted by molar-refractivity contribution is 0.0728. The molecule has 98 valence electrons. The molecule has 0 bridgehead atoms. The lowest BCUT2D eigenvalue weighted by Gasteiger charge is -2.04. The second kappa shape index (κ2) is 5.09. The molecule has 0 aliphatic carbocycles. The number of esters is 1. The summed E-state index contributed by atoms with van der Waals surface area (Å²) in [5.74, 6) is -0.0114. The first-order valence-corrected chi connectivity index (χ1v) is 6.23. The van der Waals surface area contributed by atoms with Crippen molar-refractivity contribution in [2.24, 2.45) is 0 Å². The van der Waals surface area contributed by atoms with Crippen LogP contribution in [0.1, 0.15) is 16.1 Å². The number of hydrogen-bond acceptors (Lipinski definition) is 4. The first-order chi connectivity index (χ1) is 9.72. The predicted molar refractivity (Wildman–Crippen MR) is 75.7 cm³/mol. The molecule has 0 N–H and O–H groups in total. The van der Waals surface area contributed by atoms with Gasteiger partial charge in [-0.2, -0.15) is 0 Å². The lowest BCUT2D eigenvalue weighted by Crippen LogP contribution is -2.11. The number of rotatable bonds is 2. The molecule has 1 aromatic heterocycles. The fourth-order valence-electron chi connectivity index (χ4n) is 1.82. The van der Waals surface area contributed by atoms with Gasteiger partial charge in [0, 0.05) is 0 Å². The smallest absolute Gasteiger partial charge is 0.363 e. The summed E-state index contributed by atoms with van der Waals surface area (Å²) in [5, 5.41) is 0. The fraction of sp³-hybridized carbons (Fsp3) is 0.0625. The summed E-state index contributed by atoms with van der Waals surface area (Å²) in [6.07, 6.45) is 1.43. The van der Waals surface area contributed by atoms with Crippen molar-refractivity contribution in [2.75, 3.05) is 0 Å². The molecular formula is C16H12N2O2. The summed E-state index contributed by atoms with van der Waals surface area (Å²) < 4.78 is 5.26. The van der Waals surface area contributed by atoms with Gasteiger partial charge in [-0.05, 0) is 31.2 Å². The minimum Gasteiger partial charge on any atom is -0.422 e. The average molecular weight is 264 g/mol. The largest absolute Gasteiger partial charge is 0.422 e. The molecule has 4 nitrogen and oxygen atoms in total. The molecule has 2 aromatic carbocycles. The highest BCUT2D eigenvalue weighted by atomic mass is 16.5. The summed E-state index contributed by atoms with van der Waals surface area (Å²) in [6.45, 7) is 1.97. The Morgan fingerprint density at radius 1 is 1.00 bits per heavy atom. The van der Waals surface area contributed by atoms with E-state index in [1.807, 2.05) is 43.3 Å². The molecule has 0 radical (unpaired) electrons. The van der Waals surface area contributed by atoms with Crippen LogP contribution in [0.15, 0.2) is 54.7 Å². The SMILES string of the molecule is Cc1ccc(OC(=O)c2cnc3ccccc3n2)cc1. The van der Waals surface area contributed by atoms with Crippen LogP contribution in [-0.2, 0) is 0 Å². The Bertz CT molecular complexity index is 767. The number of hydrogen-bond donors (Lipinski definition) is 0. The number of carbonyl (C=O) groups is 1. The van der Waals surface area contributed by atoms with E-state index >= 15 is 0 Å². The van der Waals surface area contributed by atoms with Crippen LogP contribution in [0.5, 0.6) is 5.75 Å². The van der Waals surface area contributed by atoms with Gasteiger partial charge in [0.1, 0.15) is 5.75 Å². The van der Waals surface area contributed by atoms with Gasteiger partial charge in [0.15, 0.2) is 5.69 Å². The summed E-state index contributed by atoms with van der Waals surface area (Å²) in [6, 6.07) is 14.7. The number of para-hydroxylation sites is 2. The molecule has 20 heavy (non-hydrogen) atoms. The second-order valence-corrected chi connectivity index (χ2v) is 4.45. The Labute approximate surface area is 116 Å². The Kier molecular flexibility index (Phi) is 3.13. The van der Waals surface area contributed by atoms with Crippen LogP contribution in [0.25, 0.3) is 11.0 Å². The van der Waals surface area contributed by atoms with Gasteiger partial charge in [-0.1, -0.05) is 29.8 Å². The molecule has 0 unspecified atom stereocenters. The van der Waals surface area contributed by atoms with Crippen LogP contribution in [-0.4, -0.2) is 15.9 Å². The van der Waals surface area contributed by atoms with Crippen LogP contribution in [0, 0.1) is 6.92 Å². The van der Waals surface area contributed by atoms with Crippen molar-refractivity contribution in [3.63, 3.8) is 0 Å². The average Bonchev–Trinajstić information content (AvgIpc) is 2.49. The normalized spacial score (nSPS) is 10.4. The van der Waals surface area contributed by atoms with E-state index in [9.17, 15) is 4.79 Å². The van der Waals surface area contributed by atoms with Crippen molar-refractivity contribution in [3.8, 4) is 5.75 Å². The van der Waals surface area contributed by atoms with Gasteiger partial charge in [-0.25, -0.2) is 9.78 Å². The molecule has 0 aliphatic rings. The molecule has 3 aromatic rings. The summed E-state index contributed by atoms with van der Waals surface area (Å²) in [7, 11) is 0. The number of nitrogens with zero attached hydrogens (tertiary/aromatic N) is 2. The second-order valence-electron chi connectivity index (χ2n) is 4.45. The molecule has 0 fully saturated rings. The van der Waals surface area contributed by atoms with Gasteiger partial charge in [-0.15, -0.1) is 0 Å². The number of fused-ring (bicyclic) bond motifs is 1. The number of aromatic nitrogens is 2. The minimum atomic E-state index is -0.507. The molecule has 1 heterocycles. The van der Waals surface area contributed by atoms with Crippen molar-refractivity contribution in [1.29, 1.82) is 0 Å². The van der Waals surface area contributed by atoms with Gasteiger partial charge in [0.25, 0.3) is 0 Å². The van der Waals surface area contributed by atoms with Crippen LogP contribution in [0.3, 0.4) is 0 Å². The highest BCUT2D eigenvalue weighted by molar-refractivity contribution is 5.90. The third kappa shape index (κ3) is 2.49. The molecule has 0 aliphatic heterocycles. The molecule has 0 saturated carbocycles. The zero-order chi connectivity index (χ0) is 13.9. The summed E-state index contributed by atoms with van der Waals surface area (Å²) in [5.41, 5.74) is 2.73. The highest BCUT2D eigenvalue weighted by Gasteiger charge is 2.11. The molecule has 0 atom stereocenters. The Morgan fingerprint density at radius 3 is 2.45 bits per heavy atom. The van der Waals surface area contributed by atoms with Crippen LogP contribution in [0.2, 0.25) is 0 Å². The van der Waals surface area contributed by atoms with E-state index in [1.165, 1.54) is 6.20 Å². The van der Waals surface area contributed by atoms with Crippen molar-refractivity contribution in [1.82, 2.24) is 9.97 Å². The lowest BCUT2D eigenvalue weighted by atomic mass is 10.2. The summed E-state index contributed by atoms with van der Waals surface area (Å²) >= 11 is 0. The topological polar surface area (TPSA) is 52.1 Å². The van der Waals surface area contributed by atoms with E-state index in [0.29, 0.717) is 11.3 Å². The van der Waals surface area contributed by atoms with E-state index in [4.69, 9.17) is 4.74 Å². The third-order valence-electron chi connectivity index (χ3n) is 2.89. The molecular weight excluding hydrogens is 252 g/mol. The van der Waals surface area contributed by atoms with E-state index < -0.39 is 5.97 Å². The third-order valence-corrected chi connectivity index (χ3v) is 2.89. The predicted octanol–water partition coefficient (Wildman–Crippen LogP) is 3.16. The number of ether oxygens (including phenoxy) is 1. The maximum absolute atomic E-state index is 12.0. The van der Waals surface area contributed by atoms with Gasteiger partial charge < -0.3 is 4.74 Å². The number of aryl methyl sites for hydroxylation is 1. The van der Waals surface area contributed by atoms with Crippen LogP contribution in [0.4, 0.5) is 0 Å². The maximum atomic E-state index is 12.0. The van der Waals surface area contributed by atoms with Gasteiger partial charge in [0.05, 0.1) is 17.2 Å². The minimum absolute atomic E-state index is 0.198. The standard InChI is InChI=1S/C16H12N2O2/c1-11-6-8-12(9-7-11)20-16(19)15-10-17-13-4-2-3-5-14(13)18-15/h2-10H,1H3. The monoisotopic (exact) mass is 264 g/mol. The Morgan fingerprint density at radius 2 is 1.70 bits per heavy atom. The highest BCUT2D eigenvalue weighted by Crippen LogP contribution is 2.14. The first-order valence-electron chi connectivity index (χ1n) is 6.23. The van der Waals surface area contributed by atoms with E-state index in [2.05, 4.69) is 9.97 Å². The zero-order valence-corrected chi connectivity index (χ0v) is 10.9. The van der Waals surface area contributed by atoms with Gasteiger partial charge >= 0.3 is 5.97 Å². The number of benzene rings is 2. The Hall–Kier alpha value is -2.75. The maximum Gasteiger partial charge on any atom is 0.363 e. The molecule has 3 rings (SSSR count). The number of carbonyl (C=O) groups excluding carboxylic acids is 1. The van der Waals surface area contributed by atoms with Crippen molar-refractivity contribution >= 4 is 17.0 Å². The van der Waals surface area contributed by atoms with Crippen molar-refractivity contribution < 1.29 is 9.53 Å². The van der Waals surface area contributed by atoms with Gasteiger partial charge in [-0.3, -0.25) is 4.98 Å². The zero-order valence-electron chi connectivity index (χ0n) is 10.9. The molecule has 0 saturated heterocycles. The first kappa shape index (κ1) is 12.3. The van der Waals surface area contributed by atoms with E-state index in [1.54, 1.807) is 12.1 Å². The molecule has 0 spiro atoms. The Balaban J connectivity index is 1.86. The van der Waals surface area contributed by atoms with Crippen molar-refractivity contribution in [2.45, 2.75) is 6.92 Å². The summed E-state index contributed by atoms with van der Waals surface area (Å²) in [4.78, 5) is 20.5. The van der Waals surface area contributed by atoms with Gasteiger partial charge in [0.2, 0.25) is 0 Å². The fourth-order valence-corrected chi connectivity index (χ4v) is 1.82.